The minimum absolute atomic E-state index is 0.0160. The summed E-state index contributed by atoms with van der Waals surface area (Å²) < 4.78 is 35.6. The molecule has 8 nitrogen and oxygen atoms in total. The molecule has 0 aromatic heterocycles. The summed E-state index contributed by atoms with van der Waals surface area (Å²) in [5.74, 6) is -0.382. The number of sulfonamides is 1. The Morgan fingerprint density at radius 2 is 1.65 bits per heavy atom. The van der Waals surface area contributed by atoms with Gasteiger partial charge in [0, 0.05) is 17.1 Å². The van der Waals surface area contributed by atoms with Crippen LogP contribution in [0.4, 0.5) is 5.69 Å². The Morgan fingerprint density at radius 1 is 0.975 bits per heavy atom. The van der Waals surface area contributed by atoms with E-state index < -0.39 is 28.5 Å². The Kier molecular flexibility index (Phi) is 10.8. The number of rotatable bonds is 11. The van der Waals surface area contributed by atoms with Gasteiger partial charge in [-0.3, -0.25) is 13.9 Å². The minimum Gasteiger partial charge on any atom is -0.496 e. The van der Waals surface area contributed by atoms with Crippen molar-refractivity contribution in [3.8, 4) is 5.75 Å². The van der Waals surface area contributed by atoms with Crippen LogP contribution in [-0.2, 0) is 26.2 Å². The second-order valence-corrected chi connectivity index (χ2v) is 13.3. The second-order valence-electron chi connectivity index (χ2n) is 9.63. The van der Waals surface area contributed by atoms with E-state index >= 15 is 0 Å². The molecule has 1 N–H and O–H groups in total. The molecule has 0 bridgehead atoms. The average molecular weight is 695 g/mol. The lowest BCUT2D eigenvalue weighted by molar-refractivity contribution is -0.139. The molecule has 0 aliphatic rings. The van der Waals surface area contributed by atoms with Crippen LogP contribution in [0.15, 0.2) is 80.6 Å². The van der Waals surface area contributed by atoms with Gasteiger partial charge in [0.2, 0.25) is 11.8 Å². The van der Waals surface area contributed by atoms with Crippen molar-refractivity contribution in [2.45, 2.75) is 51.2 Å². The second kappa shape index (κ2) is 13.6. The molecule has 214 valence electrons. The topological polar surface area (TPSA) is 96.0 Å². The number of aryl methyl sites for hydroxylation is 1. The number of nitrogens with zero attached hydrogens (tertiary/aromatic N) is 2. The van der Waals surface area contributed by atoms with E-state index in [1.54, 1.807) is 37.3 Å². The van der Waals surface area contributed by atoms with Crippen molar-refractivity contribution in [3.63, 3.8) is 0 Å². The SMILES string of the molecule is COc1ccc(S(=O)(=O)N(CC(=O)N(Cc2cccc(Br)c2)[C@@H](C)C(=O)NC(C)C)c2ccc(C)cc2)cc1Br. The molecule has 0 spiro atoms. The summed E-state index contributed by atoms with van der Waals surface area (Å²) >= 11 is 6.80. The number of carbonyl (C=O) groups is 2. The smallest absolute Gasteiger partial charge is 0.264 e. The zero-order valence-electron chi connectivity index (χ0n) is 23.0. The van der Waals surface area contributed by atoms with Gasteiger partial charge in [-0.25, -0.2) is 8.42 Å². The van der Waals surface area contributed by atoms with Crippen molar-refractivity contribution in [1.29, 1.82) is 0 Å². The zero-order valence-corrected chi connectivity index (χ0v) is 27.0. The van der Waals surface area contributed by atoms with Crippen LogP contribution < -0.4 is 14.4 Å². The number of amides is 2. The predicted molar refractivity (Wildman–Crippen MR) is 164 cm³/mol. The van der Waals surface area contributed by atoms with E-state index in [4.69, 9.17) is 4.74 Å². The number of benzene rings is 3. The first-order chi connectivity index (χ1) is 18.8. The number of ether oxygens (including phenoxy) is 1. The van der Waals surface area contributed by atoms with Crippen molar-refractivity contribution in [1.82, 2.24) is 10.2 Å². The molecule has 0 fully saturated rings. The van der Waals surface area contributed by atoms with Gasteiger partial charge in [0.1, 0.15) is 18.3 Å². The van der Waals surface area contributed by atoms with Crippen LogP contribution >= 0.6 is 31.9 Å². The molecule has 0 saturated carbocycles. The van der Waals surface area contributed by atoms with Gasteiger partial charge in [0.15, 0.2) is 0 Å². The normalized spacial score (nSPS) is 12.1. The lowest BCUT2D eigenvalue weighted by Crippen LogP contribution is -2.52. The van der Waals surface area contributed by atoms with Crippen molar-refractivity contribution in [2.24, 2.45) is 0 Å². The number of anilines is 1. The fraction of sp³-hybridized carbons (Fsp3) is 0.310. The highest BCUT2D eigenvalue weighted by molar-refractivity contribution is 9.10. The maximum atomic E-state index is 14.0. The van der Waals surface area contributed by atoms with Gasteiger partial charge < -0.3 is 15.0 Å². The van der Waals surface area contributed by atoms with Crippen LogP contribution in [0.3, 0.4) is 0 Å². The molecule has 40 heavy (non-hydrogen) atoms. The molecular formula is C29H33Br2N3O5S. The summed E-state index contributed by atoms with van der Waals surface area (Å²) in [5, 5.41) is 2.85. The highest BCUT2D eigenvalue weighted by Gasteiger charge is 2.33. The fourth-order valence-electron chi connectivity index (χ4n) is 3.99. The van der Waals surface area contributed by atoms with Crippen LogP contribution in [-0.4, -0.2) is 50.9 Å². The third-order valence-corrected chi connectivity index (χ3v) is 9.04. The van der Waals surface area contributed by atoms with E-state index in [0.29, 0.717) is 15.9 Å². The van der Waals surface area contributed by atoms with Gasteiger partial charge >= 0.3 is 0 Å². The third-order valence-electron chi connectivity index (χ3n) is 6.15. The van der Waals surface area contributed by atoms with Crippen molar-refractivity contribution >= 4 is 59.4 Å². The van der Waals surface area contributed by atoms with E-state index in [1.807, 2.05) is 45.0 Å². The molecule has 0 aliphatic heterocycles. The average Bonchev–Trinajstić information content (AvgIpc) is 2.90. The van der Waals surface area contributed by atoms with Crippen molar-refractivity contribution in [2.75, 3.05) is 18.0 Å². The monoisotopic (exact) mass is 693 g/mol. The Balaban J connectivity index is 2.05. The first-order valence-electron chi connectivity index (χ1n) is 12.6. The van der Waals surface area contributed by atoms with Crippen LogP contribution in [0, 0.1) is 6.92 Å². The molecule has 0 saturated heterocycles. The highest BCUT2D eigenvalue weighted by Crippen LogP contribution is 2.31. The zero-order chi connectivity index (χ0) is 29.6. The quantitative estimate of drug-likeness (QED) is 0.279. The fourth-order valence-corrected chi connectivity index (χ4v) is 6.57. The first-order valence-corrected chi connectivity index (χ1v) is 15.6. The maximum Gasteiger partial charge on any atom is 0.264 e. The van der Waals surface area contributed by atoms with Crippen LogP contribution in [0.25, 0.3) is 0 Å². The summed E-state index contributed by atoms with van der Waals surface area (Å²) in [4.78, 5) is 28.3. The summed E-state index contributed by atoms with van der Waals surface area (Å²) in [5.41, 5.74) is 2.05. The largest absolute Gasteiger partial charge is 0.496 e. The summed E-state index contributed by atoms with van der Waals surface area (Å²) in [6.45, 7) is 6.80. The molecule has 2 amide bonds. The molecule has 0 aliphatic carbocycles. The van der Waals surface area contributed by atoms with Crippen LogP contribution in [0.1, 0.15) is 31.9 Å². The van der Waals surface area contributed by atoms with E-state index in [0.717, 1.165) is 19.9 Å². The summed E-state index contributed by atoms with van der Waals surface area (Å²) in [6, 6.07) is 17.7. The van der Waals surface area contributed by atoms with Gasteiger partial charge in [0.25, 0.3) is 10.0 Å². The van der Waals surface area contributed by atoms with E-state index in [1.165, 1.54) is 24.1 Å². The lowest BCUT2D eigenvalue weighted by Gasteiger charge is -2.32. The first kappa shape index (κ1) is 31.6. The summed E-state index contributed by atoms with van der Waals surface area (Å²) in [7, 11) is -2.71. The molecule has 0 heterocycles. The van der Waals surface area contributed by atoms with E-state index in [-0.39, 0.29) is 23.4 Å². The van der Waals surface area contributed by atoms with E-state index in [2.05, 4.69) is 37.2 Å². The minimum atomic E-state index is -4.20. The van der Waals surface area contributed by atoms with Crippen LogP contribution in [0.5, 0.6) is 5.75 Å². The maximum absolute atomic E-state index is 14.0. The molecular weight excluding hydrogens is 662 g/mol. The number of hydrogen-bond acceptors (Lipinski definition) is 5. The lowest BCUT2D eigenvalue weighted by atomic mass is 10.1. The van der Waals surface area contributed by atoms with Crippen molar-refractivity contribution < 1.29 is 22.7 Å². The Hall–Kier alpha value is -2.89. The number of nitrogens with one attached hydrogen (secondary N) is 1. The van der Waals surface area contributed by atoms with Gasteiger partial charge in [-0.2, -0.15) is 0 Å². The molecule has 3 aromatic carbocycles. The van der Waals surface area contributed by atoms with Gasteiger partial charge in [-0.1, -0.05) is 45.8 Å². The summed E-state index contributed by atoms with van der Waals surface area (Å²) in [6.07, 6.45) is 0. The third kappa shape index (κ3) is 7.86. The molecule has 0 unspecified atom stereocenters. The Bertz CT molecular complexity index is 1460. The standard InChI is InChI=1S/C29H33Br2N3O5S/c1-19(2)32-29(36)21(4)33(17-22-7-6-8-23(30)15-22)28(35)18-34(24-11-9-20(3)10-12-24)40(37,38)25-13-14-27(39-5)26(31)16-25/h6-16,19,21H,17-18H2,1-5H3,(H,32,36)/t21-/m0/s1. The molecule has 3 aromatic rings. The Morgan fingerprint density at radius 3 is 2.23 bits per heavy atom. The molecule has 11 heteroatoms. The van der Waals surface area contributed by atoms with Crippen molar-refractivity contribution in [3.05, 3.63) is 86.8 Å². The number of carbonyl (C=O) groups excluding carboxylic acids is 2. The highest BCUT2D eigenvalue weighted by atomic mass is 79.9. The number of halogens is 2. The van der Waals surface area contributed by atoms with E-state index in [9.17, 15) is 18.0 Å². The molecule has 3 rings (SSSR count). The van der Waals surface area contributed by atoms with Gasteiger partial charge in [0.05, 0.1) is 22.2 Å². The number of hydrogen-bond donors (Lipinski definition) is 1. The van der Waals surface area contributed by atoms with Gasteiger partial charge in [-0.05, 0) is 91.7 Å². The van der Waals surface area contributed by atoms with Gasteiger partial charge in [-0.15, -0.1) is 0 Å². The Labute approximate surface area is 253 Å². The number of methoxy groups -OCH3 is 1. The molecule has 1 atom stereocenters. The van der Waals surface area contributed by atoms with Crippen LogP contribution in [0.2, 0.25) is 0 Å². The predicted octanol–water partition coefficient (Wildman–Crippen LogP) is 5.67. The molecule has 0 radical (unpaired) electrons.